The molecule has 0 aliphatic carbocycles. The lowest BCUT2D eigenvalue weighted by atomic mass is 9.87. The monoisotopic (exact) mass is 545 g/mol. The van der Waals surface area contributed by atoms with Crippen molar-refractivity contribution in [3.8, 4) is 0 Å². The molecule has 3 aromatic carbocycles. The van der Waals surface area contributed by atoms with E-state index in [9.17, 15) is 14.7 Å². The third kappa shape index (κ3) is 4.60. The van der Waals surface area contributed by atoms with Gasteiger partial charge in [0.05, 0.1) is 18.7 Å². The van der Waals surface area contributed by atoms with E-state index < -0.39 is 11.5 Å². The Morgan fingerprint density at radius 1 is 1.06 bits per heavy atom. The number of anilines is 1. The second kappa shape index (κ2) is 9.22. The van der Waals surface area contributed by atoms with E-state index in [-0.39, 0.29) is 18.7 Å². The Hall–Kier alpha value is -2.18. The van der Waals surface area contributed by atoms with Crippen LogP contribution in [0.4, 0.5) is 5.69 Å². The number of aliphatic hydroxyl groups is 1. The number of Topliss-reactive ketones (excluding diaryl/α,β-unsaturated/α-hetero) is 1. The summed E-state index contributed by atoms with van der Waals surface area (Å²) < 4.78 is 0.701. The number of rotatable bonds is 6. The van der Waals surface area contributed by atoms with Crippen LogP contribution in [-0.4, -0.2) is 16.8 Å². The highest BCUT2D eigenvalue weighted by Gasteiger charge is 2.51. The van der Waals surface area contributed by atoms with Gasteiger partial charge in [0, 0.05) is 25.6 Å². The minimum Gasteiger partial charge on any atom is -0.375 e. The molecular weight excluding hydrogens is 525 g/mol. The molecule has 1 N–H and O–H groups in total. The van der Waals surface area contributed by atoms with Gasteiger partial charge in [0.15, 0.2) is 11.4 Å². The maximum absolute atomic E-state index is 13.5. The Balaban J connectivity index is 1.68. The van der Waals surface area contributed by atoms with Gasteiger partial charge in [-0.1, -0.05) is 83.3 Å². The molecule has 0 fully saturated rings. The van der Waals surface area contributed by atoms with Crippen LogP contribution >= 0.6 is 39.1 Å². The van der Waals surface area contributed by atoms with E-state index in [0.717, 1.165) is 5.56 Å². The van der Waals surface area contributed by atoms with Crippen LogP contribution in [0, 0.1) is 0 Å². The molecule has 1 unspecified atom stereocenters. The Morgan fingerprint density at radius 2 is 1.76 bits per heavy atom. The lowest BCUT2D eigenvalue weighted by Gasteiger charge is -2.23. The van der Waals surface area contributed by atoms with E-state index in [1.54, 1.807) is 48.5 Å². The molecule has 0 spiro atoms. The quantitative estimate of drug-likeness (QED) is 0.342. The van der Waals surface area contributed by atoms with E-state index in [1.165, 1.54) is 4.90 Å². The molecule has 0 aromatic heterocycles. The van der Waals surface area contributed by atoms with Crippen LogP contribution in [0.2, 0.25) is 10.0 Å². The van der Waals surface area contributed by atoms with E-state index >= 15 is 0 Å². The predicted octanol–water partition coefficient (Wildman–Crippen LogP) is 6.89. The van der Waals surface area contributed by atoms with Crippen molar-refractivity contribution in [1.82, 2.24) is 0 Å². The minimum absolute atomic E-state index is 0.142. The maximum atomic E-state index is 13.5. The first-order chi connectivity index (χ1) is 15.6. The van der Waals surface area contributed by atoms with Crippen molar-refractivity contribution in [3.05, 3.63) is 97.4 Å². The summed E-state index contributed by atoms with van der Waals surface area (Å²) in [6, 6.07) is 17.6. The van der Waals surface area contributed by atoms with E-state index in [4.69, 9.17) is 23.2 Å². The predicted molar refractivity (Wildman–Crippen MR) is 135 cm³/mol. The van der Waals surface area contributed by atoms with Crippen molar-refractivity contribution < 1.29 is 14.7 Å². The molecule has 1 aliphatic rings. The van der Waals surface area contributed by atoms with Gasteiger partial charge in [-0.3, -0.25) is 9.59 Å². The van der Waals surface area contributed by atoms with Gasteiger partial charge in [0.2, 0.25) is 0 Å². The summed E-state index contributed by atoms with van der Waals surface area (Å²) in [5.74, 6) is -0.528. The summed E-state index contributed by atoms with van der Waals surface area (Å²) in [5.41, 5.74) is 1.20. The van der Waals surface area contributed by atoms with Crippen molar-refractivity contribution in [3.63, 3.8) is 0 Å². The number of amides is 1. The summed E-state index contributed by atoms with van der Waals surface area (Å²) in [4.78, 5) is 28.1. The van der Waals surface area contributed by atoms with Crippen molar-refractivity contribution in [2.45, 2.75) is 38.3 Å². The van der Waals surface area contributed by atoms with Crippen molar-refractivity contribution in [1.29, 1.82) is 0 Å². The lowest BCUT2D eigenvalue weighted by Crippen LogP contribution is -2.41. The molecule has 4 rings (SSSR count). The van der Waals surface area contributed by atoms with Crippen LogP contribution in [0.3, 0.4) is 0 Å². The Labute approximate surface area is 211 Å². The fraction of sp³-hybridized carbons (Fsp3) is 0.231. The summed E-state index contributed by atoms with van der Waals surface area (Å²) in [6.07, 6.45) is -0.360. The molecule has 3 aromatic rings. The zero-order valence-electron chi connectivity index (χ0n) is 18.1. The molecule has 1 aliphatic heterocycles. The van der Waals surface area contributed by atoms with Crippen LogP contribution in [0.25, 0.3) is 0 Å². The SMILES string of the molecule is CC(C)c1ccc(C(=O)CC2(O)C(=O)N(Cc3ccc(Cl)cc3Cl)c3ccc(Br)cc32)cc1. The fourth-order valence-corrected chi connectivity index (χ4v) is 4.89. The molecule has 1 amide bonds. The molecule has 0 saturated heterocycles. The van der Waals surface area contributed by atoms with Crippen LogP contribution < -0.4 is 4.90 Å². The van der Waals surface area contributed by atoms with E-state index in [1.807, 2.05) is 12.1 Å². The normalized spacial score (nSPS) is 17.5. The molecule has 1 heterocycles. The third-order valence-corrected chi connectivity index (χ3v) is 7.03. The number of carbonyl (C=O) groups is 2. The first-order valence-corrected chi connectivity index (χ1v) is 12.1. The number of halogens is 3. The topological polar surface area (TPSA) is 57.6 Å². The van der Waals surface area contributed by atoms with Crippen LogP contribution in [0.15, 0.2) is 65.1 Å². The maximum Gasteiger partial charge on any atom is 0.264 e. The van der Waals surface area contributed by atoms with Gasteiger partial charge in [-0.05, 0) is 47.4 Å². The Morgan fingerprint density at radius 3 is 2.39 bits per heavy atom. The Bertz CT molecular complexity index is 1240. The largest absolute Gasteiger partial charge is 0.375 e. The van der Waals surface area contributed by atoms with Crippen LogP contribution in [-0.2, 0) is 16.9 Å². The summed E-state index contributed by atoms with van der Waals surface area (Å²) in [7, 11) is 0. The number of hydrogen-bond acceptors (Lipinski definition) is 3. The lowest BCUT2D eigenvalue weighted by molar-refractivity contribution is -0.136. The average Bonchev–Trinajstić information content (AvgIpc) is 2.97. The smallest absolute Gasteiger partial charge is 0.264 e. The van der Waals surface area contributed by atoms with Crippen LogP contribution in [0.1, 0.15) is 53.2 Å². The van der Waals surface area contributed by atoms with Gasteiger partial charge >= 0.3 is 0 Å². The molecule has 1 atom stereocenters. The van der Waals surface area contributed by atoms with E-state index in [2.05, 4.69) is 29.8 Å². The van der Waals surface area contributed by atoms with Crippen molar-refractivity contribution in [2.75, 3.05) is 4.90 Å². The first kappa shape index (κ1) is 24.0. The number of nitrogens with zero attached hydrogens (tertiary/aromatic N) is 1. The highest BCUT2D eigenvalue weighted by molar-refractivity contribution is 9.10. The molecule has 33 heavy (non-hydrogen) atoms. The van der Waals surface area contributed by atoms with E-state index in [0.29, 0.717) is 42.8 Å². The number of carbonyl (C=O) groups excluding carboxylic acids is 2. The second-order valence-corrected chi connectivity index (χ2v) is 10.3. The summed E-state index contributed by atoms with van der Waals surface area (Å²) in [6.45, 7) is 4.29. The molecule has 0 radical (unpaired) electrons. The van der Waals surface area contributed by atoms with Gasteiger partial charge in [-0.25, -0.2) is 0 Å². The number of fused-ring (bicyclic) bond motifs is 1. The highest BCUT2D eigenvalue weighted by atomic mass is 79.9. The zero-order chi connectivity index (χ0) is 23.9. The molecular formula is C26H22BrCl2NO3. The molecule has 170 valence electrons. The fourth-order valence-electron chi connectivity index (χ4n) is 4.06. The zero-order valence-corrected chi connectivity index (χ0v) is 21.2. The number of hydrogen-bond donors (Lipinski definition) is 1. The second-order valence-electron chi connectivity index (χ2n) is 8.53. The summed E-state index contributed by atoms with van der Waals surface area (Å²) >= 11 is 15.7. The number of benzene rings is 3. The molecule has 0 bridgehead atoms. The first-order valence-electron chi connectivity index (χ1n) is 10.5. The van der Waals surface area contributed by atoms with Gasteiger partial charge in [-0.2, -0.15) is 0 Å². The molecule has 4 nitrogen and oxygen atoms in total. The summed E-state index contributed by atoms with van der Waals surface area (Å²) in [5, 5.41) is 12.5. The van der Waals surface area contributed by atoms with Gasteiger partial charge in [0.1, 0.15) is 0 Å². The van der Waals surface area contributed by atoms with Crippen LogP contribution in [0.5, 0.6) is 0 Å². The minimum atomic E-state index is -1.98. The van der Waals surface area contributed by atoms with Gasteiger partial charge < -0.3 is 10.0 Å². The average molecular weight is 547 g/mol. The van der Waals surface area contributed by atoms with Gasteiger partial charge in [-0.15, -0.1) is 0 Å². The van der Waals surface area contributed by atoms with Gasteiger partial charge in [0.25, 0.3) is 5.91 Å². The third-order valence-electron chi connectivity index (χ3n) is 5.95. The van der Waals surface area contributed by atoms with Crippen molar-refractivity contribution >= 4 is 56.5 Å². The number of ketones is 1. The Kier molecular flexibility index (Phi) is 6.70. The highest BCUT2D eigenvalue weighted by Crippen LogP contribution is 2.45. The molecule has 0 saturated carbocycles. The standard InChI is InChI=1S/C26H22BrCl2NO3/c1-15(2)16-3-5-17(6-4-16)24(31)13-26(33)21-11-19(27)8-10-23(21)30(25(26)32)14-18-7-9-20(28)12-22(18)29/h3-12,15,33H,13-14H2,1-2H3. The van der Waals surface area contributed by atoms with Crippen molar-refractivity contribution in [2.24, 2.45) is 0 Å². The molecule has 7 heteroatoms.